The topological polar surface area (TPSA) is 139 Å². The minimum absolute atomic E-state index is 0. The Morgan fingerprint density at radius 1 is 1.13 bits per heavy atom. The van der Waals surface area contributed by atoms with Crippen LogP contribution in [0.2, 0.25) is 0 Å². The van der Waals surface area contributed by atoms with E-state index in [1.165, 1.54) is 0 Å². The van der Waals surface area contributed by atoms with E-state index in [1.54, 1.807) is 0 Å². The Bertz CT molecular complexity index is 708. The summed E-state index contributed by atoms with van der Waals surface area (Å²) in [6.45, 7) is 6.57. The van der Waals surface area contributed by atoms with E-state index < -0.39 is 16.9 Å². The number of fused-ring (bicyclic) bond motifs is 1. The third-order valence-corrected chi connectivity index (χ3v) is 1.66. The maximum absolute atomic E-state index is 11.3. The van der Waals surface area contributed by atoms with Gasteiger partial charge in [-0.3, -0.25) is 19.7 Å². The largest absolute Gasteiger partial charge is 0.412 e. The Balaban J connectivity index is 0.00000112. The van der Waals surface area contributed by atoms with Crippen molar-refractivity contribution < 1.29 is 5.48 Å². The average molecular weight is 211 g/mol. The summed E-state index contributed by atoms with van der Waals surface area (Å²) < 4.78 is 0.298. The van der Waals surface area contributed by atoms with Gasteiger partial charge in [0.05, 0.1) is 4.68 Å². The molecule has 0 bridgehead atoms. The Morgan fingerprint density at radius 3 is 2.40 bits per heavy atom. The second-order valence-electron chi connectivity index (χ2n) is 2.48. The molecule has 2 heterocycles. The van der Waals surface area contributed by atoms with Crippen LogP contribution in [-0.4, -0.2) is 25.1 Å². The van der Waals surface area contributed by atoms with Gasteiger partial charge < -0.3 is 5.48 Å². The molecule has 15 heavy (non-hydrogen) atoms. The molecule has 0 atom stereocenters. The predicted molar refractivity (Wildman–Crippen MR) is 49.4 cm³/mol. The highest BCUT2D eigenvalue weighted by Gasteiger charge is 2.12. The molecular weight excluding hydrogens is 206 g/mol. The molecule has 9 heteroatoms. The van der Waals surface area contributed by atoms with Gasteiger partial charge in [0, 0.05) is 0 Å². The van der Waals surface area contributed by atoms with Crippen molar-refractivity contribution in [2.75, 3.05) is 0 Å². The normalized spacial score (nSPS) is 9.53. The van der Waals surface area contributed by atoms with E-state index >= 15 is 0 Å². The van der Waals surface area contributed by atoms with Crippen LogP contribution < -0.4 is 16.9 Å². The summed E-state index contributed by atoms with van der Waals surface area (Å²) in [5, 5.41) is 0. The minimum atomic E-state index is -0.882. The van der Waals surface area contributed by atoms with Gasteiger partial charge >= 0.3 is 16.9 Å². The molecule has 2 rings (SSSR count). The summed E-state index contributed by atoms with van der Waals surface area (Å²) in [7, 11) is 0. The van der Waals surface area contributed by atoms with Crippen LogP contribution in [0.15, 0.2) is 14.4 Å². The first-order chi connectivity index (χ1) is 6.63. The number of hydrogen-bond donors (Lipinski definition) is 3. The predicted octanol–water partition coefficient (Wildman–Crippen LogP) is -2.44. The van der Waals surface area contributed by atoms with Gasteiger partial charge in [0.25, 0.3) is 0 Å². The summed E-state index contributed by atoms with van der Waals surface area (Å²) >= 11 is 0. The number of hydrogen-bond acceptors (Lipinski definition) is 3. The lowest BCUT2D eigenvalue weighted by atomic mass is 10.5. The van der Waals surface area contributed by atoms with E-state index in [-0.39, 0.29) is 16.6 Å². The van der Waals surface area contributed by atoms with E-state index in [2.05, 4.69) is 19.9 Å². The molecule has 5 N–H and O–H groups in total. The van der Waals surface area contributed by atoms with Crippen LogP contribution in [-0.2, 0) is 0 Å². The third-order valence-electron chi connectivity index (χ3n) is 1.66. The molecule has 0 unspecified atom stereocenters. The van der Waals surface area contributed by atoms with Crippen molar-refractivity contribution in [1.82, 2.24) is 19.6 Å². The third kappa shape index (κ3) is 1.34. The molecule has 78 valence electrons. The van der Waals surface area contributed by atoms with Gasteiger partial charge in [0.1, 0.15) is 5.65 Å². The van der Waals surface area contributed by atoms with Crippen LogP contribution >= 0.6 is 0 Å². The number of aromatic nitrogens is 4. The smallest absolute Gasteiger partial charge is 0.398 e. The number of rotatable bonds is 0. The van der Waals surface area contributed by atoms with Crippen LogP contribution in [0.25, 0.3) is 16.1 Å². The molecule has 0 spiro atoms. The molecular formula is C6H5N5O4. The molecule has 0 saturated carbocycles. The summed E-state index contributed by atoms with van der Waals surface area (Å²) in [5.41, 5.74) is -2.48. The standard InChI is InChI=1S/C6H3N5O3.H2O/c1-7-11-4(12)2-3(10-6(11)14)9-5(13)8-2;/h(H,10,14)(H2,8,9,13);1H2. The second kappa shape index (κ2) is 3.28. The lowest BCUT2D eigenvalue weighted by Gasteiger charge is -1.87. The van der Waals surface area contributed by atoms with Crippen molar-refractivity contribution in [3.8, 4) is 0 Å². The molecule has 0 aliphatic rings. The number of imidazole rings is 1. The van der Waals surface area contributed by atoms with E-state index in [9.17, 15) is 14.4 Å². The fourth-order valence-electron chi connectivity index (χ4n) is 1.09. The first-order valence-electron chi connectivity index (χ1n) is 3.48. The summed E-state index contributed by atoms with van der Waals surface area (Å²) in [4.78, 5) is 42.4. The van der Waals surface area contributed by atoms with Gasteiger partial charge in [-0.15, -0.1) is 4.95 Å². The monoisotopic (exact) mass is 211 g/mol. The van der Waals surface area contributed by atoms with Gasteiger partial charge in [-0.05, 0) is 0 Å². The van der Waals surface area contributed by atoms with Crippen molar-refractivity contribution in [2.45, 2.75) is 0 Å². The Hall–Kier alpha value is -2.60. The Kier molecular flexibility index (Phi) is 2.29. The lowest BCUT2D eigenvalue weighted by Crippen LogP contribution is -2.30. The SMILES string of the molecule is O.[C-]#[N+]n1c(=O)[nH]c2[nH]c(=O)[nH]c2c1=O. The van der Waals surface area contributed by atoms with E-state index in [1.807, 2.05) is 0 Å². The minimum Gasteiger partial charge on any atom is -0.412 e. The molecule has 2 aromatic rings. The molecule has 0 amide bonds. The van der Waals surface area contributed by atoms with Gasteiger partial charge in [0.2, 0.25) is 0 Å². The van der Waals surface area contributed by atoms with Crippen molar-refractivity contribution in [2.24, 2.45) is 0 Å². The number of nitrogens with zero attached hydrogens (tertiary/aromatic N) is 2. The number of aromatic amines is 3. The maximum atomic E-state index is 11.3. The molecule has 0 aliphatic heterocycles. The highest BCUT2D eigenvalue weighted by Crippen LogP contribution is 1.91. The zero-order valence-electron chi connectivity index (χ0n) is 7.12. The van der Waals surface area contributed by atoms with E-state index in [0.717, 1.165) is 0 Å². The van der Waals surface area contributed by atoms with Crippen molar-refractivity contribution in [1.29, 1.82) is 0 Å². The van der Waals surface area contributed by atoms with Crippen LogP contribution in [0.4, 0.5) is 0 Å². The molecule has 0 aliphatic carbocycles. The zero-order chi connectivity index (χ0) is 10.3. The molecule has 0 fully saturated rings. The molecule has 0 radical (unpaired) electrons. The van der Waals surface area contributed by atoms with Crippen LogP contribution in [0.5, 0.6) is 0 Å². The Morgan fingerprint density at radius 2 is 1.80 bits per heavy atom. The zero-order valence-corrected chi connectivity index (χ0v) is 7.12. The first-order valence-corrected chi connectivity index (χ1v) is 3.48. The molecule has 0 saturated heterocycles. The summed E-state index contributed by atoms with van der Waals surface area (Å²) in [5.74, 6) is 0. The van der Waals surface area contributed by atoms with Gasteiger partial charge in [-0.2, -0.15) is 6.57 Å². The van der Waals surface area contributed by atoms with E-state index in [4.69, 9.17) is 6.57 Å². The van der Waals surface area contributed by atoms with Crippen molar-refractivity contribution >= 4 is 11.2 Å². The van der Waals surface area contributed by atoms with Crippen LogP contribution in [0, 0.1) is 6.57 Å². The summed E-state index contributed by atoms with van der Waals surface area (Å²) in [6, 6.07) is 0. The molecule has 2 aromatic heterocycles. The molecule has 0 aromatic carbocycles. The van der Waals surface area contributed by atoms with Crippen molar-refractivity contribution in [3.05, 3.63) is 42.8 Å². The van der Waals surface area contributed by atoms with E-state index in [0.29, 0.717) is 4.68 Å². The highest BCUT2D eigenvalue weighted by molar-refractivity contribution is 5.67. The van der Waals surface area contributed by atoms with Crippen molar-refractivity contribution in [3.63, 3.8) is 0 Å². The quantitative estimate of drug-likeness (QED) is 0.417. The lowest BCUT2D eigenvalue weighted by molar-refractivity contribution is 0.824. The van der Waals surface area contributed by atoms with Gasteiger partial charge in [0.15, 0.2) is 5.52 Å². The van der Waals surface area contributed by atoms with Gasteiger partial charge in [-0.25, -0.2) is 9.59 Å². The fourth-order valence-corrected chi connectivity index (χ4v) is 1.09. The fraction of sp³-hybridized carbons (Fsp3) is 0. The number of H-pyrrole nitrogens is 3. The summed E-state index contributed by atoms with van der Waals surface area (Å²) in [6.07, 6.45) is 0. The van der Waals surface area contributed by atoms with Crippen LogP contribution in [0.3, 0.4) is 0 Å². The molecule has 9 nitrogen and oxygen atoms in total. The van der Waals surface area contributed by atoms with Gasteiger partial charge in [-0.1, -0.05) is 0 Å². The Labute approximate surface area is 80.1 Å². The average Bonchev–Trinajstić information content (AvgIpc) is 2.47. The maximum Gasteiger partial charge on any atom is 0.398 e. The first kappa shape index (κ1) is 10.5. The number of nitrogens with one attached hydrogen (secondary N) is 3. The van der Waals surface area contributed by atoms with Crippen LogP contribution in [0.1, 0.15) is 0 Å². The highest BCUT2D eigenvalue weighted by atomic mass is 16.2. The second-order valence-corrected chi connectivity index (χ2v) is 2.48.